The van der Waals surface area contributed by atoms with Crippen LogP contribution < -0.4 is 10.5 Å². The Kier molecular flexibility index (Phi) is 7.11. The highest BCUT2D eigenvalue weighted by atomic mass is 32.1. The van der Waals surface area contributed by atoms with Gasteiger partial charge in [-0.1, -0.05) is 24.4 Å². The molecule has 0 spiro atoms. The van der Waals surface area contributed by atoms with Crippen molar-refractivity contribution >= 4 is 23.1 Å². The van der Waals surface area contributed by atoms with Crippen LogP contribution in [0.15, 0.2) is 24.3 Å². The summed E-state index contributed by atoms with van der Waals surface area (Å²) in [6, 6.07) is 7.83. The Bertz CT molecular complexity index is 494. The van der Waals surface area contributed by atoms with Crippen LogP contribution >= 0.6 is 12.2 Å². The molecule has 1 rings (SSSR count). The van der Waals surface area contributed by atoms with Gasteiger partial charge in [0.2, 0.25) is 5.91 Å². The maximum atomic E-state index is 12.1. The highest BCUT2D eigenvalue weighted by Gasteiger charge is 2.12. The van der Waals surface area contributed by atoms with E-state index < -0.39 is 0 Å². The van der Waals surface area contributed by atoms with Crippen molar-refractivity contribution in [2.75, 3.05) is 34.3 Å². The molecule has 0 aliphatic heterocycles. The minimum atomic E-state index is 0.0525. The van der Waals surface area contributed by atoms with Gasteiger partial charge >= 0.3 is 0 Å². The van der Waals surface area contributed by atoms with E-state index in [2.05, 4.69) is 0 Å². The number of likely N-dealkylation sites (N-methyl/N-ethyl adjacent to an activating group) is 2. The Morgan fingerprint density at radius 2 is 2.10 bits per heavy atom. The molecule has 0 aliphatic carbocycles. The molecular weight excluding hydrogens is 286 g/mol. The molecule has 1 aromatic rings. The molecule has 2 N–H and O–H groups in total. The van der Waals surface area contributed by atoms with Crippen LogP contribution in [0.5, 0.6) is 5.75 Å². The van der Waals surface area contributed by atoms with Gasteiger partial charge in [0, 0.05) is 26.6 Å². The fourth-order valence-corrected chi connectivity index (χ4v) is 1.98. The topological polar surface area (TPSA) is 58.8 Å². The summed E-state index contributed by atoms with van der Waals surface area (Å²) in [5.41, 5.74) is 6.55. The van der Waals surface area contributed by atoms with Gasteiger partial charge in [-0.3, -0.25) is 9.69 Å². The van der Waals surface area contributed by atoms with E-state index in [0.29, 0.717) is 31.0 Å². The number of nitrogens with zero attached hydrogens (tertiary/aromatic N) is 2. The first kappa shape index (κ1) is 17.4. The van der Waals surface area contributed by atoms with Crippen LogP contribution in [0.1, 0.15) is 12.0 Å². The lowest BCUT2D eigenvalue weighted by Gasteiger charge is -2.22. The maximum Gasteiger partial charge on any atom is 0.236 e. The van der Waals surface area contributed by atoms with E-state index >= 15 is 0 Å². The van der Waals surface area contributed by atoms with Crippen molar-refractivity contribution in [2.45, 2.75) is 13.0 Å². The van der Waals surface area contributed by atoms with Gasteiger partial charge in [-0.25, -0.2) is 0 Å². The number of thiocarbonyl (C=S) groups is 1. The maximum absolute atomic E-state index is 12.1. The summed E-state index contributed by atoms with van der Waals surface area (Å²) in [7, 11) is 5.32. The minimum absolute atomic E-state index is 0.0525. The van der Waals surface area contributed by atoms with Crippen molar-refractivity contribution in [3.8, 4) is 5.75 Å². The first-order valence-corrected chi connectivity index (χ1v) is 7.17. The molecule has 6 heteroatoms. The molecule has 0 aliphatic rings. The fourth-order valence-electron chi connectivity index (χ4n) is 1.89. The molecule has 0 heterocycles. The summed E-state index contributed by atoms with van der Waals surface area (Å²) >= 11 is 4.82. The number of methoxy groups -OCH3 is 1. The summed E-state index contributed by atoms with van der Waals surface area (Å²) in [5, 5.41) is 0. The van der Waals surface area contributed by atoms with Crippen molar-refractivity contribution in [2.24, 2.45) is 5.73 Å². The quantitative estimate of drug-likeness (QED) is 0.733. The van der Waals surface area contributed by atoms with Crippen LogP contribution in [0.4, 0.5) is 0 Å². The Hall–Kier alpha value is -1.66. The van der Waals surface area contributed by atoms with Crippen molar-refractivity contribution < 1.29 is 9.53 Å². The smallest absolute Gasteiger partial charge is 0.236 e. The lowest BCUT2D eigenvalue weighted by molar-refractivity contribution is -0.130. The van der Waals surface area contributed by atoms with Crippen molar-refractivity contribution in [1.29, 1.82) is 0 Å². The van der Waals surface area contributed by atoms with Gasteiger partial charge < -0.3 is 15.4 Å². The predicted molar refractivity (Wildman–Crippen MR) is 88.4 cm³/mol. The zero-order valence-electron chi connectivity index (χ0n) is 12.8. The standard InChI is InChI=1S/C15H23N3O2S/c1-17(10-12-5-4-6-13(9-12)20-3)11-15(19)18(2)8-7-14(16)21/h4-6,9H,7-8,10-11H2,1-3H3,(H2,16,21). The number of hydrogen-bond donors (Lipinski definition) is 1. The molecular formula is C15H23N3O2S. The highest BCUT2D eigenvalue weighted by molar-refractivity contribution is 7.80. The third kappa shape index (κ3) is 6.55. The Morgan fingerprint density at radius 3 is 2.71 bits per heavy atom. The number of benzene rings is 1. The van der Waals surface area contributed by atoms with Gasteiger partial charge in [-0.05, 0) is 24.7 Å². The first-order chi connectivity index (χ1) is 9.92. The van der Waals surface area contributed by atoms with Gasteiger partial charge in [-0.15, -0.1) is 0 Å². The average molecular weight is 309 g/mol. The second kappa shape index (κ2) is 8.59. The zero-order valence-corrected chi connectivity index (χ0v) is 13.7. The Morgan fingerprint density at radius 1 is 1.38 bits per heavy atom. The molecule has 0 fully saturated rings. The molecule has 21 heavy (non-hydrogen) atoms. The molecule has 0 atom stereocenters. The van der Waals surface area contributed by atoms with Gasteiger partial charge in [0.05, 0.1) is 18.6 Å². The summed E-state index contributed by atoms with van der Waals surface area (Å²) in [5.74, 6) is 0.873. The molecule has 0 saturated carbocycles. The lowest BCUT2D eigenvalue weighted by atomic mass is 10.2. The molecule has 116 valence electrons. The highest BCUT2D eigenvalue weighted by Crippen LogP contribution is 2.13. The SMILES string of the molecule is COc1cccc(CN(C)CC(=O)N(C)CCC(N)=S)c1. The fraction of sp³-hybridized carbons (Fsp3) is 0.467. The molecule has 0 aromatic heterocycles. The van der Waals surface area contributed by atoms with E-state index in [4.69, 9.17) is 22.7 Å². The van der Waals surface area contributed by atoms with Crippen LogP contribution in [0.25, 0.3) is 0 Å². The van der Waals surface area contributed by atoms with Crippen molar-refractivity contribution in [3.63, 3.8) is 0 Å². The van der Waals surface area contributed by atoms with Crippen molar-refractivity contribution in [3.05, 3.63) is 29.8 Å². The minimum Gasteiger partial charge on any atom is -0.497 e. The van der Waals surface area contributed by atoms with E-state index in [1.807, 2.05) is 36.2 Å². The second-order valence-electron chi connectivity index (χ2n) is 5.06. The number of hydrogen-bond acceptors (Lipinski definition) is 4. The van der Waals surface area contributed by atoms with E-state index in [9.17, 15) is 4.79 Å². The Balaban J connectivity index is 2.46. The molecule has 1 aromatic carbocycles. The molecule has 0 unspecified atom stereocenters. The summed E-state index contributed by atoms with van der Waals surface area (Å²) < 4.78 is 5.19. The number of rotatable bonds is 8. The van der Waals surface area contributed by atoms with Crippen LogP contribution in [0.2, 0.25) is 0 Å². The largest absolute Gasteiger partial charge is 0.497 e. The molecule has 1 amide bonds. The number of amides is 1. The molecule has 5 nitrogen and oxygen atoms in total. The van der Waals surface area contributed by atoms with Gasteiger partial charge in [0.25, 0.3) is 0 Å². The van der Waals surface area contributed by atoms with Gasteiger partial charge in [0.15, 0.2) is 0 Å². The van der Waals surface area contributed by atoms with Crippen LogP contribution in [0, 0.1) is 0 Å². The third-order valence-electron chi connectivity index (χ3n) is 3.11. The van der Waals surface area contributed by atoms with Gasteiger partial charge in [-0.2, -0.15) is 0 Å². The summed E-state index contributed by atoms with van der Waals surface area (Å²) in [6.45, 7) is 1.60. The van der Waals surface area contributed by atoms with E-state index in [0.717, 1.165) is 11.3 Å². The Labute approximate surface area is 131 Å². The van der Waals surface area contributed by atoms with E-state index in [1.54, 1.807) is 19.1 Å². The zero-order chi connectivity index (χ0) is 15.8. The number of carbonyl (C=O) groups is 1. The van der Waals surface area contributed by atoms with E-state index in [1.165, 1.54) is 0 Å². The predicted octanol–water partition coefficient (Wildman–Crippen LogP) is 1.26. The number of ether oxygens (including phenoxy) is 1. The molecule has 0 bridgehead atoms. The second-order valence-corrected chi connectivity index (χ2v) is 5.58. The third-order valence-corrected chi connectivity index (χ3v) is 3.32. The lowest BCUT2D eigenvalue weighted by Crippen LogP contribution is -2.37. The molecule has 0 radical (unpaired) electrons. The van der Waals surface area contributed by atoms with Crippen LogP contribution in [-0.2, 0) is 11.3 Å². The monoisotopic (exact) mass is 309 g/mol. The average Bonchev–Trinajstić information content (AvgIpc) is 2.44. The summed E-state index contributed by atoms with van der Waals surface area (Å²) in [4.78, 5) is 16.1. The molecule has 0 saturated heterocycles. The number of carbonyl (C=O) groups excluding carboxylic acids is 1. The van der Waals surface area contributed by atoms with Gasteiger partial charge in [0.1, 0.15) is 5.75 Å². The first-order valence-electron chi connectivity index (χ1n) is 6.76. The van der Waals surface area contributed by atoms with Crippen molar-refractivity contribution in [1.82, 2.24) is 9.80 Å². The van der Waals surface area contributed by atoms with E-state index in [-0.39, 0.29) is 5.91 Å². The van der Waals surface area contributed by atoms with Crippen LogP contribution in [-0.4, -0.2) is 55.0 Å². The normalized spacial score (nSPS) is 10.5. The number of nitrogens with two attached hydrogens (primary N) is 1. The summed E-state index contributed by atoms with van der Waals surface area (Å²) in [6.07, 6.45) is 0.553. The van der Waals surface area contributed by atoms with Crippen LogP contribution in [0.3, 0.4) is 0 Å².